The fourth-order valence-corrected chi connectivity index (χ4v) is 3.03. The maximum Gasteiger partial charge on any atom is 0.0931 e. The van der Waals surface area contributed by atoms with Crippen molar-refractivity contribution in [1.29, 1.82) is 0 Å². The number of benzene rings is 1. The molecular formula is C14H17ClN2S. The van der Waals surface area contributed by atoms with Crippen LogP contribution in [0.1, 0.15) is 29.0 Å². The van der Waals surface area contributed by atoms with Crippen LogP contribution in [0.2, 0.25) is 4.34 Å². The van der Waals surface area contributed by atoms with Crippen LogP contribution in [0.4, 0.5) is 0 Å². The predicted octanol–water partition coefficient (Wildman–Crippen LogP) is 3.71. The van der Waals surface area contributed by atoms with E-state index in [1.54, 1.807) is 11.3 Å². The molecule has 1 heterocycles. The topological polar surface area (TPSA) is 38.0 Å². The van der Waals surface area contributed by atoms with Crippen molar-refractivity contribution in [2.24, 2.45) is 5.84 Å². The average molecular weight is 281 g/mol. The van der Waals surface area contributed by atoms with Crippen LogP contribution in [0.5, 0.6) is 0 Å². The summed E-state index contributed by atoms with van der Waals surface area (Å²) in [6.45, 7) is 2.16. The molecule has 0 saturated heterocycles. The molecule has 0 fully saturated rings. The SMILES string of the molecule is CCc1ccc(CC(NN)c2ccc(Cl)s2)cc1. The van der Waals surface area contributed by atoms with E-state index in [4.69, 9.17) is 17.4 Å². The van der Waals surface area contributed by atoms with Gasteiger partial charge in [0.25, 0.3) is 0 Å². The molecule has 0 aliphatic carbocycles. The van der Waals surface area contributed by atoms with E-state index >= 15 is 0 Å². The van der Waals surface area contributed by atoms with Crippen molar-refractivity contribution in [2.75, 3.05) is 0 Å². The first-order valence-electron chi connectivity index (χ1n) is 6.02. The van der Waals surface area contributed by atoms with Gasteiger partial charge in [-0.05, 0) is 36.1 Å². The van der Waals surface area contributed by atoms with Crippen molar-refractivity contribution in [1.82, 2.24) is 5.43 Å². The van der Waals surface area contributed by atoms with Gasteiger partial charge in [-0.1, -0.05) is 42.8 Å². The van der Waals surface area contributed by atoms with E-state index in [-0.39, 0.29) is 6.04 Å². The first-order chi connectivity index (χ1) is 8.72. The van der Waals surface area contributed by atoms with Gasteiger partial charge >= 0.3 is 0 Å². The quantitative estimate of drug-likeness (QED) is 0.647. The van der Waals surface area contributed by atoms with Crippen LogP contribution < -0.4 is 11.3 Å². The van der Waals surface area contributed by atoms with E-state index < -0.39 is 0 Å². The van der Waals surface area contributed by atoms with Crippen LogP contribution in [0.25, 0.3) is 0 Å². The van der Waals surface area contributed by atoms with E-state index in [9.17, 15) is 0 Å². The molecule has 0 amide bonds. The van der Waals surface area contributed by atoms with Gasteiger partial charge in [-0.3, -0.25) is 11.3 Å². The summed E-state index contributed by atoms with van der Waals surface area (Å²) in [7, 11) is 0. The van der Waals surface area contributed by atoms with Crippen molar-refractivity contribution in [3.63, 3.8) is 0 Å². The molecule has 2 aromatic rings. The van der Waals surface area contributed by atoms with Gasteiger partial charge in [0.15, 0.2) is 0 Å². The minimum Gasteiger partial charge on any atom is -0.271 e. The maximum atomic E-state index is 5.95. The Morgan fingerprint density at radius 1 is 1.17 bits per heavy atom. The second-order valence-corrected chi connectivity index (χ2v) is 5.98. The lowest BCUT2D eigenvalue weighted by Crippen LogP contribution is -2.28. The summed E-state index contributed by atoms with van der Waals surface area (Å²) >= 11 is 7.52. The zero-order chi connectivity index (χ0) is 13.0. The van der Waals surface area contributed by atoms with Crippen LogP contribution >= 0.6 is 22.9 Å². The third-order valence-electron chi connectivity index (χ3n) is 3.01. The fourth-order valence-electron chi connectivity index (χ4n) is 1.90. The molecule has 0 spiro atoms. The Hall–Kier alpha value is -0.870. The summed E-state index contributed by atoms with van der Waals surface area (Å²) in [5.41, 5.74) is 5.49. The molecular weight excluding hydrogens is 264 g/mol. The molecule has 0 radical (unpaired) electrons. The van der Waals surface area contributed by atoms with Crippen molar-refractivity contribution in [2.45, 2.75) is 25.8 Å². The molecule has 1 atom stereocenters. The number of nitrogens with two attached hydrogens (primary N) is 1. The average Bonchev–Trinajstić information content (AvgIpc) is 2.83. The van der Waals surface area contributed by atoms with Crippen molar-refractivity contribution >= 4 is 22.9 Å². The first kappa shape index (κ1) is 13.6. The monoisotopic (exact) mass is 280 g/mol. The standard InChI is InChI=1S/C14H17ClN2S/c1-2-10-3-5-11(6-4-10)9-12(17-16)13-7-8-14(15)18-13/h3-8,12,17H,2,9,16H2,1H3. The number of nitrogens with one attached hydrogen (secondary N) is 1. The van der Waals surface area contributed by atoms with Gasteiger partial charge in [0, 0.05) is 4.88 Å². The lowest BCUT2D eigenvalue weighted by Gasteiger charge is -2.14. The van der Waals surface area contributed by atoms with Crippen LogP contribution in [-0.2, 0) is 12.8 Å². The largest absolute Gasteiger partial charge is 0.271 e. The van der Waals surface area contributed by atoms with Gasteiger partial charge in [-0.2, -0.15) is 0 Å². The number of rotatable bonds is 5. The molecule has 18 heavy (non-hydrogen) atoms. The number of halogens is 1. The molecule has 96 valence electrons. The minimum absolute atomic E-state index is 0.120. The lowest BCUT2D eigenvalue weighted by atomic mass is 10.0. The molecule has 3 N–H and O–H groups in total. The molecule has 1 aromatic heterocycles. The van der Waals surface area contributed by atoms with Crippen LogP contribution in [0, 0.1) is 0 Å². The molecule has 2 nitrogen and oxygen atoms in total. The van der Waals surface area contributed by atoms with Crippen molar-refractivity contribution < 1.29 is 0 Å². The number of hydrogen-bond acceptors (Lipinski definition) is 3. The Balaban J connectivity index is 2.10. The third kappa shape index (κ3) is 3.33. The summed E-state index contributed by atoms with van der Waals surface area (Å²) in [6, 6.07) is 12.7. The van der Waals surface area contributed by atoms with E-state index in [2.05, 4.69) is 36.6 Å². The Morgan fingerprint density at radius 2 is 1.83 bits per heavy atom. The first-order valence-corrected chi connectivity index (χ1v) is 7.21. The Kier molecular flexibility index (Phi) is 4.78. The van der Waals surface area contributed by atoms with Gasteiger partial charge in [0.1, 0.15) is 0 Å². The van der Waals surface area contributed by atoms with Crippen molar-refractivity contribution in [3.8, 4) is 0 Å². The van der Waals surface area contributed by atoms with Crippen molar-refractivity contribution in [3.05, 3.63) is 56.7 Å². The zero-order valence-electron chi connectivity index (χ0n) is 10.3. The summed E-state index contributed by atoms with van der Waals surface area (Å²) in [5, 5.41) is 0. The Labute approximate surface area is 117 Å². The van der Waals surface area contributed by atoms with Gasteiger partial charge < -0.3 is 0 Å². The molecule has 4 heteroatoms. The second-order valence-electron chi connectivity index (χ2n) is 4.24. The summed E-state index contributed by atoms with van der Waals surface area (Å²) < 4.78 is 0.798. The third-order valence-corrected chi connectivity index (χ3v) is 4.35. The molecule has 0 saturated carbocycles. The highest BCUT2D eigenvalue weighted by Crippen LogP contribution is 2.28. The highest BCUT2D eigenvalue weighted by atomic mass is 35.5. The second kappa shape index (κ2) is 6.34. The highest BCUT2D eigenvalue weighted by Gasteiger charge is 2.12. The molecule has 0 aliphatic heterocycles. The fraction of sp³-hybridized carbons (Fsp3) is 0.286. The van der Waals surface area contributed by atoms with Crippen LogP contribution in [-0.4, -0.2) is 0 Å². The Bertz CT molecular complexity index is 493. The van der Waals surface area contributed by atoms with Gasteiger partial charge in [-0.25, -0.2) is 0 Å². The highest BCUT2D eigenvalue weighted by molar-refractivity contribution is 7.16. The van der Waals surface area contributed by atoms with E-state index in [1.807, 2.05) is 12.1 Å². The molecule has 1 unspecified atom stereocenters. The summed E-state index contributed by atoms with van der Waals surface area (Å²) in [4.78, 5) is 1.17. The number of thiophene rings is 1. The molecule has 1 aromatic carbocycles. The number of hydrazine groups is 1. The van der Waals surface area contributed by atoms with Gasteiger partial charge in [0.2, 0.25) is 0 Å². The maximum absolute atomic E-state index is 5.95. The normalized spacial score (nSPS) is 12.6. The predicted molar refractivity (Wildman–Crippen MR) is 78.9 cm³/mol. The van der Waals surface area contributed by atoms with E-state index in [1.165, 1.54) is 16.0 Å². The molecule has 0 aliphatic rings. The molecule has 2 rings (SSSR count). The van der Waals surface area contributed by atoms with E-state index in [0.29, 0.717) is 0 Å². The van der Waals surface area contributed by atoms with Crippen LogP contribution in [0.3, 0.4) is 0 Å². The number of hydrogen-bond donors (Lipinski definition) is 2. The van der Waals surface area contributed by atoms with E-state index in [0.717, 1.165) is 17.2 Å². The lowest BCUT2D eigenvalue weighted by molar-refractivity contribution is 0.560. The Morgan fingerprint density at radius 3 is 2.33 bits per heavy atom. The number of aryl methyl sites for hydroxylation is 1. The summed E-state index contributed by atoms with van der Waals surface area (Å²) in [6.07, 6.45) is 1.94. The zero-order valence-corrected chi connectivity index (χ0v) is 11.9. The smallest absolute Gasteiger partial charge is 0.0931 e. The molecule has 0 bridgehead atoms. The summed E-state index contributed by atoms with van der Waals surface area (Å²) in [5.74, 6) is 5.63. The minimum atomic E-state index is 0.120. The van der Waals surface area contributed by atoms with Gasteiger partial charge in [-0.15, -0.1) is 11.3 Å². The van der Waals surface area contributed by atoms with Crippen LogP contribution in [0.15, 0.2) is 36.4 Å². The van der Waals surface area contributed by atoms with Gasteiger partial charge in [0.05, 0.1) is 10.4 Å².